The molecule has 3 nitrogen and oxygen atoms in total. The van der Waals surface area contributed by atoms with Gasteiger partial charge in [-0.3, -0.25) is 4.98 Å². The van der Waals surface area contributed by atoms with E-state index in [0.717, 1.165) is 0 Å². The first kappa shape index (κ1) is 11.5. The van der Waals surface area contributed by atoms with E-state index in [0.29, 0.717) is 11.3 Å². The molecule has 2 rings (SSSR count). The van der Waals surface area contributed by atoms with Crippen molar-refractivity contribution < 1.29 is 14.2 Å². The molecule has 0 aliphatic heterocycles. The van der Waals surface area contributed by atoms with Crippen molar-refractivity contribution in [2.45, 2.75) is 6.10 Å². The highest BCUT2D eigenvalue weighted by Crippen LogP contribution is 2.23. The van der Waals surface area contributed by atoms with Gasteiger partial charge in [0.1, 0.15) is 23.4 Å². The molecule has 0 radical (unpaired) electrons. The van der Waals surface area contributed by atoms with Gasteiger partial charge < -0.3 is 9.84 Å². The summed E-state index contributed by atoms with van der Waals surface area (Å²) in [5.74, 6) is 0.165. The van der Waals surface area contributed by atoms with Crippen molar-refractivity contribution in [2.75, 3.05) is 7.11 Å². The summed E-state index contributed by atoms with van der Waals surface area (Å²) in [5, 5.41) is 9.99. The Morgan fingerprint density at radius 2 is 1.94 bits per heavy atom. The second-order valence-electron chi connectivity index (χ2n) is 3.55. The van der Waals surface area contributed by atoms with Crippen LogP contribution in [0.3, 0.4) is 0 Å². The van der Waals surface area contributed by atoms with E-state index in [4.69, 9.17) is 4.74 Å². The molecule has 0 aliphatic rings. The zero-order valence-electron chi connectivity index (χ0n) is 9.30. The van der Waals surface area contributed by atoms with Crippen molar-refractivity contribution in [1.29, 1.82) is 0 Å². The molecule has 1 heterocycles. The van der Waals surface area contributed by atoms with Gasteiger partial charge in [-0.2, -0.15) is 0 Å². The molecule has 0 bridgehead atoms. The van der Waals surface area contributed by atoms with Gasteiger partial charge in [-0.1, -0.05) is 12.1 Å². The van der Waals surface area contributed by atoms with E-state index in [1.54, 1.807) is 31.4 Å². The lowest BCUT2D eigenvalue weighted by Crippen LogP contribution is -2.04. The lowest BCUT2D eigenvalue weighted by molar-refractivity contribution is 0.209. The number of halogens is 1. The fraction of sp³-hybridized carbons (Fsp3) is 0.154. The highest BCUT2D eigenvalue weighted by Gasteiger charge is 2.15. The lowest BCUT2D eigenvalue weighted by atomic mass is 10.1. The van der Waals surface area contributed by atoms with Gasteiger partial charge in [-0.05, 0) is 29.8 Å². The SMILES string of the molecule is COc1ccc(C(O)c2ncccc2F)cc1. The van der Waals surface area contributed by atoms with Gasteiger partial charge in [0.25, 0.3) is 0 Å². The van der Waals surface area contributed by atoms with Crippen LogP contribution in [-0.2, 0) is 0 Å². The molecule has 0 saturated heterocycles. The van der Waals surface area contributed by atoms with Gasteiger partial charge in [-0.25, -0.2) is 4.39 Å². The standard InChI is InChI=1S/C13H12FNO2/c1-17-10-6-4-9(5-7-10)13(16)12-11(14)3-2-8-15-12/h2-8,13,16H,1H3. The predicted molar refractivity (Wildman–Crippen MR) is 61.3 cm³/mol. The van der Waals surface area contributed by atoms with E-state index in [-0.39, 0.29) is 5.69 Å². The van der Waals surface area contributed by atoms with Gasteiger partial charge in [0, 0.05) is 6.20 Å². The fourth-order valence-electron chi connectivity index (χ4n) is 1.54. The molecular weight excluding hydrogens is 221 g/mol. The number of hydrogen-bond donors (Lipinski definition) is 1. The van der Waals surface area contributed by atoms with E-state index >= 15 is 0 Å². The van der Waals surface area contributed by atoms with E-state index in [9.17, 15) is 9.50 Å². The highest BCUT2D eigenvalue weighted by molar-refractivity contribution is 5.32. The van der Waals surface area contributed by atoms with Crippen LogP contribution in [0.15, 0.2) is 42.6 Å². The molecule has 1 N–H and O–H groups in total. The Morgan fingerprint density at radius 3 is 2.53 bits per heavy atom. The van der Waals surface area contributed by atoms with Crippen LogP contribution in [0.1, 0.15) is 17.4 Å². The number of aromatic nitrogens is 1. The first-order valence-electron chi connectivity index (χ1n) is 5.15. The fourth-order valence-corrected chi connectivity index (χ4v) is 1.54. The normalized spacial score (nSPS) is 12.2. The second-order valence-corrected chi connectivity index (χ2v) is 3.55. The van der Waals surface area contributed by atoms with Crippen LogP contribution in [-0.4, -0.2) is 17.2 Å². The minimum Gasteiger partial charge on any atom is -0.497 e. The average molecular weight is 233 g/mol. The van der Waals surface area contributed by atoms with Gasteiger partial charge in [0.2, 0.25) is 0 Å². The third-order valence-corrected chi connectivity index (χ3v) is 2.48. The van der Waals surface area contributed by atoms with Crippen LogP contribution >= 0.6 is 0 Å². The smallest absolute Gasteiger partial charge is 0.147 e. The molecule has 2 aromatic rings. The Balaban J connectivity index is 2.30. The molecular formula is C13H12FNO2. The minimum atomic E-state index is -1.07. The Hall–Kier alpha value is -1.94. The number of aliphatic hydroxyl groups is 1. The highest BCUT2D eigenvalue weighted by atomic mass is 19.1. The molecule has 1 unspecified atom stereocenters. The van der Waals surface area contributed by atoms with E-state index in [1.165, 1.54) is 18.3 Å². The number of pyridine rings is 1. The largest absolute Gasteiger partial charge is 0.497 e. The molecule has 1 aromatic carbocycles. The first-order chi connectivity index (χ1) is 8.22. The molecule has 0 saturated carbocycles. The van der Waals surface area contributed by atoms with Crippen LogP contribution in [0.2, 0.25) is 0 Å². The molecule has 0 fully saturated rings. The molecule has 17 heavy (non-hydrogen) atoms. The third-order valence-electron chi connectivity index (χ3n) is 2.48. The zero-order chi connectivity index (χ0) is 12.3. The summed E-state index contributed by atoms with van der Waals surface area (Å²) in [5.41, 5.74) is 0.598. The molecule has 1 aromatic heterocycles. The molecule has 0 spiro atoms. The quantitative estimate of drug-likeness (QED) is 0.884. The van der Waals surface area contributed by atoms with Crippen molar-refractivity contribution in [2.24, 2.45) is 0 Å². The van der Waals surface area contributed by atoms with Crippen molar-refractivity contribution in [1.82, 2.24) is 4.98 Å². The Morgan fingerprint density at radius 1 is 1.24 bits per heavy atom. The maximum Gasteiger partial charge on any atom is 0.147 e. The van der Waals surface area contributed by atoms with E-state index < -0.39 is 11.9 Å². The topological polar surface area (TPSA) is 42.4 Å². The lowest BCUT2D eigenvalue weighted by Gasteiger charge is -2.11. The summed E-state index contributed by atoms with van der Waals surface area (Å²) < 4.78 is 18.4. The third kappa shape index (κ3) is 2.42. The van der Waals surface area contributed by atoms with Gasteiger partial charge in [-0.15, -0.1) is 0 Å². The number of ether oxygens (including phenoxy) is 1. The van der Waals surface area contributed by atoms with Crippen LogP contribution < -0.4 is 4.74 Å². The van der Waals surface area contributed by atoms with Crippen molar-refractivity contribution in [3.05, 3.63) is 59.7 Å². The Labute approximate surface area is 98.5 Å². The number of methoxy groups -OCH3 is 1. The zero-order valence-corrected chi connectivity index (χ0v) is 9.30. The Bertz CT molecular complexity index is 499. The maximum atomic E-state index is 13.4. The summed E-state index contributed by atoms with van der Waals surface area (Å²) in [7, 11) is 1.56. The van der Waals surface area contributed by atoms with Gasteiger partial charge >= 0.3 is 0 Å². The summed E-state index contributed by atoms with van der Waals surface area (Å²) in [4.78, 5) is 3.84. The minimum absolute atomic E-state index is 0.0256. The molecule has 88 valence electrons. The summed E-state index contributed by atoms with van der Waals surface area (Å²) in [6.07, 6.45) is 0.382. The number of rotatable bonds is 3. The van der Waals surface area contributed by atoms with Crippen LogP contribution in [0, 0.1) is 5.82 Å². The average Bonchev–Trinajstić information content (AvgIpc) is 2.39. The number of nitrogens with zero attached hydrogens (tertiary/aromatic N) is 1. The van der Waals surface area contributed by atoms with Crippen molar-refractivity contribution in [3.63, 3.8) is 0 Å². The summed E-state index contributed by atoms with van der Waals surface area (Å²) in [6, 6.07) is 9.53. The first-order valence-corrected chi connectivity index (χ1v) is 5.15. The van der Waals surface area contributed by atoms with E-state index in [2.05, 4.69) is 4.98 Å². The summed E-state index contributed by atoms with van der Waals surface area (Å²) >= 11 is 0. The van der Waals surface area contributed by atoms with Crippen molar-refractivity contribution in [3.8, 4) is 5.75 Å². The number of benzene rings is 1. The predicted octanol–water partition coefficient (Wildman–Crippen LogP) is 2.31. The molecule has 1 atom stereocenters. The monoisotopic (exact) mass is 233 g/mol. The Kier molecular flexibility index (Phi) is 3.35. The maximum absolute atomic E-state index is 13.4. The molecule has 0 aliphatic carbocycles. The summed E-state index contributed by atoms with van der Waals surface area (Å²) in [6.45, 7) is 0. The van der Waals surface area contributed by atoms with Crippen LogP contribution in [0.25, 0.3) is 0 Å². The second kappa shape index (κ2) is 4.93. The number of aliphatic hydroxyl groups excluding tert-OH is 1. The van der Waals surface area contributed by atoms with Gasteiger partial charge in [0.05, 0.1) is 7.11 Å². The molecule has 4 heteroatoms. The van der Waals surface area contributed by atoms with Crippen LogP contribution in [0.5, 0.6) is 5.75 Å². The van der Waals surface area contributed by atoms with Gasteiger partial charge in [0.15, 0.2) is 0 Å². The van der Waals surface area contributed by atoms with Crippen molar-refractivity contribution >= 4 is 0 Å². The number of hydrogen-bond acceptors (Lipinski definition) is 3. The molecule has 0 amide bonds. The van der Waals surface area contributed by atoms with Crippen LogP contribution in [0.4, 0.5) is 4.39 Å². The van der Waals surface area contributed by atoms with E-state index in [1.807, 2.05) is 0 Å².